The van der Waals surface area contributed by atoms with E-state index in [1.54, 1.807) is 0 Å². The highest BCUT2D eigenvalue weighted by Gasteiger charge is 2.21. The van der Waals surface area contributed by atoms with Crippen molar-refractivity contribution in [3.8, 4) is 62.1 Å². The summed E-state index contributed by atoms with van der Waals surface area (Å²) in [7, 11) is 0. The molecule has 262 valence electrons. The van der Waals surface area contributed by atoms with E-state index in [0.717, 1.165) is 50.1 Å². The zero-order chi connectivity index (χ0) is 37.0. The second kappa shape index (κ2) is 13.2. The maximum Gasteiger partial charge on any atom is 0.166 e. The van der Waals surface area contributed by atoms with Gasteiger partial charge in [-0.15, -0.1) is 11.3 Å². The second-order valence-electron chi connectivity index (χ2n) is 13.9. The first-order valence-electron chi connectivity index (χ1n) is 18.6. The molecule has 0 aliphatic rings. The molecule has 0 N–H and O–H groups in total. The summed E-state index contributed by atoms with van der Waals surface area (Å²) >= 11 is 1.84. The van der Waals surface area contributed by atoms with Gasteiger partial charge >= 0.3 is 0 Å². The van der Waals surface area contributed by atoms with E-state index in [0.29, 0.717) is 17.5 Å². The molecule has 0 radical (unpaired) electrons. The molecule has 0 saturated heterocycles. The smallest absolute Gasteiger partial charge is 0.166 e. The summed E-state index contributed by atoms with van der Waals surface area (Å²) < 4.78 is 4.91. The topological polar surface area (TPSA) is 56.5 Å². The molecule has 4 aromatic heterocycles. The summed E-state index contributed by atoms with van der Waals surface area (Å²) in [5, 5.41) is 4.94. The average Bonchev–Trinajstić information content (AvgIpc) is 3.83. The van der Waals surface area contributed by atoms with E-state index in [-0.39, 0.29) is 0 Å². The van der Waals surface area contributed by atoms with Gasteiger partial charge in [-0.25, -0.2) is 15.0 Å². The normalized spacial score (nSPS) is 11.6. The van der Waals surface area contributed by atoms with Crippen LogP contribution in [0.3, 0.4) is 0 Å². The average molecular weight is 734 g/mol. The van der Waals surface area contributed by atoms with E-state index in [1.807, 2.05) is 54.1 Å². The third kappa shape index (κ3) is 5.38. The number of fused-ring (bicyclic) bond motifs is 6. The minimum atomic E-state index is 0.601. The van der Waals surface area contributed by atoms with Crippen LogP contribution in [0.4, 0.5) is 0 Å². The van der Waals surface area contributed by atoms with Gasteiger partial charge in [-0.05, 0) is 70.8 Å². The predicted octanol–water partition coefficient (Wildman–Crippen LogP) is 13.1. The fraction of sp³-hybridized carbons (Fsp3) is 0. The van der Waals surface area contributed by atoms with E-state index in [9.17, 15) is 0 Å². The maximum absolute atomic E-state index is 5.32. The molecular weight excluding hydrogens is 703 g/mol. The number of para-hydroxylation sites is 2. The summed E-state index contributed by atoms with van der Waals surface area (Å²) in [6.45, 7) is 0. The molecule has 0 aliphatic heterocycles. The molecule has 5 nitrogen and oxygen atoms in total. The quantitative estimate of drug-likeness (QED) is 0.171. The van der Waals surface area contributed by atoms with E-state index >= 15 is 0 Å². The largest absolute Gasteiger partial charge is 0.308 e. The fourth-order valence-electron chi connectivity index (χ4n) is 7.95. The lowest BCUT2D eigenvalue weighted by atomic mass is 10.0. The van der Waals surface area contributed by atoms with Crippen LogP contribution in [0.25, 0.3) is 104 Å². The lowest BCUT2D eigenvalue weighted by Crippen LogP contribution is -2.04. The lowest BCUT2D eigenvalue weighted by molar-refractivity contribution is 1.06. The van der Waals surface area contributed by atoms with E-state index in [2.05, 4.69) is 155 Å². The van der Waals surface area contributed by atoms with E-state index < -0.39 is 0 Å². The monoisotopic (exact) mass is 733 g/mol. The van der Waals surface area contributed by atoms with E-state index in [1.165, 1.54) is 36.5 Å². The predicted molar refractivity (Wildman–Crippen MR) is 232 cm³/mol. The molecule has 0 amide bonds. The van der Waals surface area contributed by atoms with Gasteiger partial charge in [-0.1, -0.05) is 127 Å². The van der Waals surface area contributed by atoms with Crippen LogP contribution in [-0.4, -0.2) is 24.5 Å². The van der Waals surface area contributed by atoms with Gasteiger partial charge in [0.05, 0.1) is 16.7 Å². The minimum Gasteiger partial charge on any atom is -0.308 e. The number of rotatable bonds is 6. The molecular formula is C50H31N5S. The van der Waals surface area contributed by atoms with Crippen LogP contribution in [0.1, 0.15) is 0 Å². The molecule has 0 unspecified atom stereocenters. The Hall–Kier alpha value is -7.28. The number of benzene rings is 7. The first-order chi connectivity index (χ1) is 27.8. The van der Waals surface area contributed by atoms with Crippen LogP contribution in [-0.2, 0) is 0 Å². The van der Waals surface area contributed by atoms with Crippen molar-refractivity contribution in [2.75, 3.05) is 0 Å². The van der Waals surface area contributed by atoms with Gasteiger partial charge in [0.25, 0.3) is 0 Å². The summed E-state index contributed by atoms with van der Waals surface area (Å²) in [5.74, 6) is 1.84. The van der Waals surface area contributed by atoms with Crippen molar-refractivity contribution in [3.63, 3.8) is 0 Å². The third-order valence-electron chi connectivity index (χ3n) is 10.6. The third-order valence-corrected chi connectivity index (χ3v) is 11.8. The first kappa shape index (κ1) is 32.2. The minimum absolute atomic E-state index is 0.601. The number of hydrogen-bond acceptors (Lipinski definition) is 5. The van der Waals surface area contributed by atoms with Crippen molar-refractivity contribution in [3.05, 3.63) is 188 Å². The van der Waals surface area contributed by atoms with Crippen molar-refractivity contribution in [1.82, 2.24) is 24.5 Å². The van der Waals surface area contributed by atoms with Crippen LogP contribution in [0.5, 0.6) is 0 Å². The number of hydrogen-bond donors (Lipinski definition) is 0. The Kier molecular flexibility index (Phi) is 7.60. The molecule has 6 heteroatoms. The Morgan fingerprint density at radius 1 is 0.375 bits per heavy atom. The van der Waals surface area contributed by atoms with Gasteiger partial charge in [0, 0.05) is 60.0 Å². The zero-order valence-corrected chi connectivity index (χ0v) is 30.9. The molecule has 0 bridgehead atoms. The van der Waals surface area contributed by atoms with E-state index in [4.69, 9.17) is 15.0 Å². The molecule has 56 heavy (non-hydrogen) atoms. The van der Waals surface area contributed by atoms with Gasteiger partial charge in [0.2, 0.25) is 0 Å². The SMILES string of the molecule is c1ccc(-c2nc(-c3cccc(-c4cccc5c4sc4ccccc45)c3)nc(-c3ccc(-c4ccncc4)cc3-n3c4ccccc4c4ccccc43)n2)cc1. The zero-order valence-electron chi connectivity index (χ0n) is 30.0. The van der Waals surface area contributed by atoms with Crippen LogP contribution < -0.4 is 0 Å². The Labute approximate surface area is 326 Å². The standard InChI is InChI=1S/C50H31N5S/c1-2-12-33(13-3-1)48-52-49(36-15-10-14-35(30-36)37-19-11-20-41-40-18-6-9-23-46(40)56-47(37)41)54-50(53-48)42-25-24-34(32-26-28-51-29-27-32)31-45(42)55-43-21-7-4-16-38(43)39-17-5-8-22-44(39)55/h1-31H. The van der Waals surface area contributed by atoms with Crippen LogP contribution in [0.15, 0.2) is 188 Å². The van der Waals surface area contributed by atoms with Crippen LogP contribution >= 0.6 is 11.3 Å². The number of thiophene rings is 1. The molecule has 0 aliphatic carbocycles. The van der Waals surface area contributed by atoms with Crippen LogP contribution in [0, 0.1) is 0 Å². The number of pyridine rings is 1. The number of nitrogens with zero attached hydrogens (tertiary/aromatic N) is 5. The lowest BCUT2D eigenvalue weighted by Gasteiger charge is -2.16. The Morgan fingerprint density at radius 2 is 0.982 bits per heavy atom. The van der Waals surface area contributed by atoms with Gasteiger partial charge in [0.1, 0.15) is 0 Å². The van der Waals surface area contributed by atoms with Gasteiger partial charge in [-0.2, -0.15) is 0 Å². The highest BCUT2D eigenvalue weighted by atomic mass is 32.1. The Morgan fingerprint density at radius 3 is 1.77 bits per heavy atom. The van der Waals surface area contributed by atoms with Crippen LogP contribution in [0.2, 0.25) is 0 Å². The summed E-state index contributed by atoms with van der Waals surface area (Å²) in [6.07, 6.45) is 3.67. The van der Waals surface area contributed by atoms with Crippen molar-refractivity contribution >= 4 is 53.3 Å². The second-order valence-corrected chi connectivity index (χ2v) is 14.9. The maximum atomic E-state index is 5.32. The number of aromatic nitrogens is 5. The van der Waals surface area contributed by atoms with Crippen molar-refractivity contribution in [2.24, 2.45) is 0 Å². The molecule has 0 fully saturated rings. The summed E-state index contributed by atoms with van der Waals surface area (Å²) in [4.78, 5) is 20.0. The summed E-state index contributed by atoms with van der Waals surface area (Å²) in [6, 6.07) is 61.9. The molecule has 0 atom stereocenters. The molecule has 0 saturated carbocycles. The molecule has 4 heterocycles. The Balaban J connectivity index is 1.15. The molecule has 11 aromatic rings. The van der Waals surface area contributed by atoms with Crippen molar-refractivity contribution in [2.45, 2.75) is 0 Å². The van der Waals surface area contributed by atoms with Crippen molar-refractivity contribution < 1.29 is 0 Å². The highest BCUT2D eigenvalue weighted by molar-refractivity contribution is 7.26. The van der Waals surface area contributed by atoms with Gasteiger partial charge in [0.15, 0.2) is 17.5 Å². The van der Waals surface area contributed by atoms with Gasteiger partial charge < -0.3 is 4.57 Å². The van der Waals surface area contributed by atoms with Gasteiger partial charge in [-0.3, -0.25) is 4.98 Å². The molecule has 0 spiro atoms. The molecule has 7 aromatic carbocycles. The molecule has 11 rings (SSSR count). The highest BCUT2D eigenvalue weighted by Crippen LogP contribution is 2.41. The summed E-state index contributed by atoms with van der Waals surface area (Å²) in [5.41, 5.74) is 10.4. The van der Waals surface area contributed by atoms with Crippen molar-refractivity contribution in [1.29, 1.82) is 0 Å². The first-order valence-corrected chi connectivity index (χ1v) is 19.4. The Bertz CT molecular complexity index is 3200. The fourth-order valence-corrected chi connectivity index (χ4v) is 9.19.